The van der Waals surface area contributed by atoms with Gasteiger partial charge in [-0.2, -0.15) is 0 Å². The Balaban J connectivity index is 1.59. The van der Waals surface area contributed by atoms with Crippen molar-refractivity contribution in [1.82, 2.24) is 4.98 Å². The summed E-state index contributed by atoms with van der Waals surface area (Å²) in [6, 6.07) is 5.65. The zero-order valence-electron chi connectivity index (χ0n) is 12.4. The van der Waals surface area contributed by atoms with Crippen LogP contribution in [-0.4, -0.2) is 10.9 Å². The van der Waals surface area contributed by atoms with Crippen LogP contribution in [0.2, 0.25) is 0 Å². The largest absolute Gasteiger partial charge is 0.310 e. The fraction of sp³-hybridized carbons (Fsp3) is 0.647. The fourth-order valence-electron chi connectivity index (χ4n) is 5.71. The van der Waals surface area contributed by atoms with Gasteiger partial charge in [-0.15, -0.1) is 0 Å². The quantitative estimate of drug-likeness (QED) is 0.805. The van der Waals surface area contributed by atoms with Crippen molar-refractivity contribution in [3.8, 4) is 0 Å². The lowest BCUT2D eigenvalue weighted by Gasteiger charge is -2.60. The molecule has 3 nitrogen and oxygen atoms in total. The van der Waals surface area contributed by atoms with Gasteiger partial charge in [0, 0.05) is 0 Å². The molecule has 1 heterocycles. The molecule has 4 saturated carbocycles. The van der Waals surface area contributed by atoms with Gasteiger partial charge >= 0.3 is 0 Å². The molecule has 0 saturated heterocycles. The maximum absolute atomic E-state index is 13.0. The predicted octanol–water partition coefficient (Wildman–Crippen LogP) is 4.39. The molecule has 112 valence electrons. The first kappa shape index (κ1) is 13.7. The van der Waals surface area contributed by atoms with E-state index in [1.807, 2.05) is 18.2 Å². The van der Waals surface area contributed by atoms with Gasteiger partial charge in [-0.3, -0.25) is 4.79 Å². The van der Waals surface area contributed by atoms with Crippen molar-refractivity contribution in [2.45, 2.75) is 45.4 Å². The first-order chi connectivity index (χ1) is 9.96. The summed E-state index contributed by atoms with van der Waals surface area (Å²) < 4.78 is 0.762. The number of hydrogen-bond donors (Lipinski definition) is 1. The van der Waals surface area contributed by atoms with E-state index in [-0.39, 0.29) is 11.3 Å². The molecule has 1 aromatic rings. The van der Waals surface area contributed by atoms with Crippen molar-refractivity contribution >= 4 is 27.7 Å². The Hall–Kier alpha value is -0.900. The number of aromatic nitrogens is 1. The molecule has 0 aromatic carbocycles. The average molecular weight is 349 g/mol. The van der Waals surface area contributed by atoms with E-state index in [0.29, 0.717) is 11.2 Å². The Morgan fingerprint density at radius 3 is 2.62 bits per heavy atom. The van der Waals surface area contributed by atoms with Crippen molar-refractivity contribution in [3.63, 3.8) is 0 Å². The van der Waals surface area contributed by atoms with Gasteiger partial charge in [0.1, 0.15) is 10.4 Å². The van der Waals surface area contributed by atoms with Gasteiger partial charge in [0.05, 0.1) is 5.41 Å². The van der Waals surface area contributed by atoms with E-state index in [1.165, 1.54) is 19.3 Å². The summed E-state index contributed by atoms with van der Waals surface area (Å²) in [5.74, 6) is 2.39. The van der Waals surface area contributed by atoms with E-state index < -0.39 is 0 Å². The van der Waals surface area contributed by atoms with Gasteiger partial charge < -0.3 is 5.32 Å². The highest BCUT2D eigenvalue weighted by molar-refractivity contribution is 9.10. The second-order valence-electron chi connectivity index (χ2n) is 7.85. The maximum Gasteiger partial charge on any atom is 0.231 e. The minimum absolute atomic E-state index is 0.136. The summed E-state index contributed by atoms with van der Waals surface area (Å²) in [5.41, 5.74) is 0.259. The molecule has 5 rings (SSSR count). The summed E-state index contributed by atoms with van der Waals surface area (Å²) in [5, 5.41) is 3.08. The molecular formula is C17H21BrN2O. The number of nitrogens with one attached hydrogen (secondary N) is 1. The van der Waals surface area contributed by atoms with Gasteiger partial charge in [0.15, 0.2) is 0 Å². The maximum atomic E-state index is 13.0. The van der Waals surface area contributed by atoms with Gasteiger partial charge in [-0.05, 0) is 83.8 Å². The number of nitrogens with zero attached hydrogens (tertiary/aromatic N) is 1. The molecule has 4 aliphatic carbocycles. The van der Waals surface area contributed by atoms with Crippen LogP contribution in [-0.2, 0) is 4.79 Å². The first-order valence-electron chi connectivity index (χ1n) is 7.91. The highest BCUT2D eigenvalue weighted by Gasteiger charge is 2.58. The summed E-state index contributed by atoms with van der Waals surface area (Å²) >= 11 is 3.36. The lowest BCUT2D eigenvalue weighted by atomic mass is 9.44. The van der Waals surface area contributed by atoms with E-state index in [1.54, 1.807) is 0 Å². The Morgan fingerprint density at radius 2 is 2.00 bits per heavy atom. The molecule has 4 bridgehead atoms. The lowest BCUT2D eigenvalue weighted by molar-refractivity contribution is -0.149. The highest BCUT2D eigenvalue weighted by atomic mass is 79.9. The summed E-state index contributed by atoms with van der Waals surface area (Å²) in [6.45, 7) is 2.39. The van der Waals surface area contributed by atoms with E-state index in [0.717, 1.165) is 35.7 Å². The van der Waals surface area contributed by atoms with Crippen molar-refractivity contribution in [2.75, 3.05) is 5.32 Å². The third kappa shape index (κ3) is 2.32. The molecule has 0 radical (unpaired) electrons. The van der Waals surface area contributed by atoms with E-state index >= 15 is 0 Å². The number of rotatable bonds is 2. The summed E-state index contributed by atoms with van der Waals surface area (Å²) in [4.78, 5) is 17.3. The average Bonchev–Trinajstić information content (AvgIpc) is 2.35. The number of carbonyl (C=O) groups is 1. The van der Waals surface area contributed by atoms with Crippen LogP contribution in [0.15, 0.2) is 22.8 Å². The normalized spacial score (nSPS) is 40.3. The van der Waals surface area contributed by atoms with Crippen LogP contribution in [0.5, 0.6) is 0 Å². The number of halogens is 1. The van der Waals surface area contributed by atoms with Gasteiger partial charge in [-0.1, -0.05) is 13.0 Å². The Morgan fingerprint density at radius 1 is 1.29 bits per heavy atom. The first-order valence-corrected chi connectivity index (χ1v) is 8.70. The molecule has 1 N–H and O–H groups in total. The minimum Gasteiger partial charge on any atom is -0.310 e. The second-order valence-corrected chi connectivity index (χ2v) is 8.66. The van der Waals surface area contributed by atoms with Crippen LogP contribution in [0.25, 0.3) is 0 Å². The molecule has 4 fully saturated rings. The van der Waals surface area contributed by atoms with Crippen LogP contribution in [0.1, 0.15) is 45.4 Å². The highest BCUT2D eigenvalue weighted by Crippen LogP contribution is 2.65. The van der Waals surface area contributed by atoms with Crippen molar-refractivity contribution < 1.29 is 4.79 Å². The van der Waals surface area contributed by atoms with Gasteiger partial charge in [0.2, 0.25) is 5.91 Å². The second kappa shape index (κ2) is 4.55. The van der Waals surface area contributed by atoms with Crippen molar-refractivity contribution in [3.05, 3.63) is 22.8 Å². The number of hydrogen-bond acceptors (Lipinski definition) is 2. The molecule has 1 amide bonds. The SMILES string of the molecule is CC12CC3CC(C1)CC(C(=O)Nc1cccc(Br)n1)(C3)C2. The van der Waals surface area contributed by atoms with Crippen LogP contribution >= 0.6 is 15.9 Å². The van der Waals surface area contributed by atoms with E-state index in [9.17, 15) is 4.79 Å². The van der Waals surface area contributed by atoms with Crippen molar-refractivity contribution in [2.24, 2.45) is 22.7 Å². The van der Waals surface area contributed by atoms with E-state index in [4.69, 9.17) is 0 Å². The molecule has 0 aliphatic heterocycles. The molecule has 21 heavy (non-hydrogen) atoms. The molecule has 4 heteroatoms. The molecular weight excluding hydrogens is 328 g/mol. The topological polar surface area (TPSA) is 42.0 Å². The van der Waals surface area contributed by atoms with E-state index in [2.05, 4.69) is 33.2 Å². The molecule has 2 unspecified atom stereocenters. The molecule has 2 atom stereocenters. The number of amides is 1. The third-order valence-corrected chi connectivity index (χ3v) is 6.23. The standard InChI is InChI=1S/C17H21BrN2O/c1-16-6-11-5-12(7-16)9-17(8-11,10-16)15(21)20-14-4-2-3-13(18)19-14/h2-4,11-12H,5-10H2,1H3,(H,19,20,21). The molecule has 4 aliphatic rings. The zero-order chi connectivity index (χ0) is 14.7. The van der Waals surface area contributed by atoms with Gasteiger partial charge in [-0.25, -0.2) is 4.98 Å². The summed E-state index contributed by atoms with van der Waals surface area (Å²) in [7, 11) is 0. The smallest absolute Gasteiger partial charge is 0.231 e. The number of anilines is 1. The molecule has 0 spiro atoms. The number of carbonyl (C=O) groups excluding carboxylic acids is 1. The lowest BCUT2D eigenvalue weighted by Crippen LogP contribution is -2.55. The minimum atomic E-state index is -0.136. The summed E-state index contributed by atoms with van der Waals surface area (Å²) in [6.07, 6.45) is 7.23. The zero-order valence-corrected chi connectivity index (χ0v) is 13.9. The van der Waals surface area contributed by atoms with Crippen LogP contribution in [0, 0.1) is 22.7 Å². The number of pyridine rings is 1. The van der Waals surface area contributed by atoms with Gasteiger partial charge in [0.25, 0.3) is 0 Å². The van der Waals surface area contributed by atoms with Crippen LogP contribution in [0.3, 0.4) is 0 Å². The third-order valence-electron chi connectivity index (χ3n) is 5.79. The predicted molar refractivity (Wildman–Crippen MR) is 85.8 cm³/mol. The Kier molecular flexibility index (Phi) is 2.97. The van der Waals surface area contributed by atoms with Crippen LogP contribution in [0.4, 0.5) is 5.82 Å². The Labute approximate surface area is 134 Å². The fourth-order valence-corrected chi connectivity index (χ4v) is 6.06. The van der Waals surface area contributed by atoms with Crippen molar-refractivity contribution in [1.29, 1.82) is 0 Å². The van der Waals surface area contributed by atoms with Crippen LogP contribution < -0.4 is 5.32 Å². The molecule has 1 aromatic heterocycles. The Bertz CT molecular complexity index is 586. The monoisotopic (exact) mass is 348 g/mol.